The molecule has 0 aromatic carbocycles. The summed E-state index contributed by atoms with van der Waals surface area (Å²) in [7, 11) is 6.97. The van der Waals surface area contributed by atoms with Crippen molar-refractivity contribution < 1.29 is 0 Å². The Kier molecular flexibility index (Phi) is 20.2. The van der Waals surface area contributed by atoms with E-state index < -0.39 is 12.9 Å². The molecule has 0 aromatic rings. The minimum absolute atomic E-state index is 1.31. The van der Waals surface area contributed by atoms with E-state index in [0.717, 1.165) is 0 Å². The van der Waals surface area contributed by atoms with Gasteiger partial charge in [0.2, 0.25) is 0 Å². The third-order valence-corrected chi connectivity index (χ3v) is 0. The van der Waals surface area contributed by atoms with E-state index in [1.165, 1.54) is 7.05 Å². The van der Waals surface area contributed by atoms with E-state index in [9.17, 15) is 0 Å². The van der Waals surface area contributed by atoms with Gasteiger partial charge in [0.15, 0.2) is 0 Å². The summed E-state index contributed by atoms with van der Waals surface area (Å²) in [6.45, 7) is 0. The maximum atomic E-state index is 5.47. The third-order valence-electron chi connectivity index (χ3n) is 0. The molecule has 1 nitrogen and oxygen atoms in total. The van der Waals surface area contributed by atoms with E-state index in [4.69, 9.17) is 8.32 Å². The number of hydrogen-bond donors (Lipinski definition) is 1. The Morgan fingerprint density at radius 3 is 1.50 bits per heavy atom. The minimum atomic E-state index is -1.31. The number of nitrogens with two attached hydrogens (primary N) is 1. The van der Waals surface area contributed by atoms with Crippen LogP contribution >= 0.6 is 43.8 Å². The Morgan fingerprint density at radius 1 is 1.50 bits per heavy atom. The molecule has 0 saturated carbocycles. The van der Waals surface area contributed by atoms with Gasteiger partial charge in [-0.2, -0.15) is 0 Å². The fraction of sp³-hybridized carbons (Fsp3) is 1.00. The van der Waals surface area contributed by atoms with Crippen LogP contribution in [-0.2, 0) is 0 Å². The van der Waals surface area contributed by atoms with Crippen LogP contribution in [0.3, 0.4) is 0 Å². The maximum absolute atomic E-state index is 5.47. The average Bonchev–Trinajstić information content (AvgIpc) is 1.41. The van der Waals surface area contributed by atoms with E-state index in [1.807, 2.05) is 0 Å². The Labute approximate surface area is 67.9 Å². The molecule has 2 N–H and O–H groups in total. The summed E-state index contributed by atoms with van der Waals surface area (Å²) in [6, 6.07) is 0. The van der Waals surface area contributed by atoms with Crippen molar-refractivity contribution >= 4 is 56.7 Å². The summed E-state index contributed by atoms with van der Waals surface area (Å²) in [5, 5.41) is 0. The van der Waals surface area contributed by atoms with Gasteiger partial charge in [0, 0.05) is 0 Å². The Balaban J connectivity index is 0. The first-order valence-electron chi connectivity index (χ1n) is 1.23. The molecule has 0 rings (SSSR count). The Bertz CT molecular complexity index is 18.3. The number of rotatable bonds is 0. The zero-order valence-corrected chi connectivity index (χ0v) is 12.8. The van der Waals surface area contributed by atoms with Gasteiger partial charge in [0.05, 0.1) is 0 Å². The predicted octanol–water partition coefficient (Wildman–Crippen LogP) is 1.39. The molecular weight excluding hydrogens is 522 g/mol. The second kappa shape index (κ2) is 10.6. The third kappa shape index (κ3) is 30.4. The van der Waals surface area contributed by atoms with Crippen LogP contribution in [0.1, 0.15) is 0 Å². The van der Waals surface area contributed by atoms with Crippen LogP contribution in [0.2, 0.25) is 0 Å². The topological polar surface area (TPSA) is 26.0 Å². The zero-order chi connectivity index (χ0) is 5.58. The van der Waals surface area contributed by atoms with Gasteiger partial charge < -0.3 is 5.73 Å². The Morgan fingerprint density at radius 2 is 1.50 bits per heavy atom. The molecule has 0 aliphatic carbocycles. The fourth-order valence-corrected chi connectivity index (χ4v) is 0. The van der Waals surface area contributed by atoms with Gasteiger partial charge in [0.1, 0.15) is 0 Å². The molecule has 0 bridgehead atoms. The van der Waals surface area contributed by atoms with Gasteiger partial charge in [-0.25, -0.2) is 0 Å². The summed E-state index contributed by atoms with van der Waals surface area (Å²) in [4.78, 5) is 0. The van der Waals surface area contributed by atoms with E-state index in [1.54, 1.807) is 0 Å². The SMILES string of the molecule is CN.[Cl][PbH]([I])[I]. The summed E-state index contributed by atoms with van der Waals surface area (Å²) >= 11 is 3.33. The molecule has 40 valence electrons. The van der Waals surface area contributed by atoms with Crippen molar-refractivity contribution in [2.24, 2.45) is 5.73 Å². The van der Waals surface area contributed by atoms with Crippen molar-refractivity contribution in [1.82, 2.24) is 0 Å². The van der Waals surface area contributed by atoms with Crippen molar-refractivity contribution in [3.05, 3.63) is 0 Å². The molecule has 0 aliphatic rings. The first-order valence-corrected chi connectivity index (χ1v) is 32.0. The van der Waals surface area contributed by atoms with Gasteiger partial charge >= 0.3 is 56.7 Å². The molecule has 0 amide bonds. The molecule has 0 saturated heterocycles. The van der Waals surface area contributed by atoms with Crippen LogP contribution in [0, 0.1) is 0 Å². The molecule has 0 unspecified atom stereocenters. The summed E-state index contributed by atoms with van der Waals surface area (Å²) in [5.41, 5.74) is 4.50. The first-order chi connectivity index (χ1) is 2.73. The summed E-state index contributed by atoms with van der Waals surface area (Å²) in [5.74, 6) is 0. The molecule has 0 fully saturated rings. The van der Waals surface area contributed by atoms with Crippen molar-refractivity contribution in [2.45, 2.75) is 0 Å². The van der Waals surface area contributed by atoms with Gasteiger partial charge in [-0.1, -0.05) is 0 Å². The van der Waals surface area contributed by atoms with E-state index in [0.29, 0.717) is 0 Å². The second-order valence-corrected chi connectivity index (χ2v) is 61.7. The monoisotopic (exact) mass is 529 g/mol. The van der Waals surface area contributed by atoms with Gasteiger partial charge in [-0.05, 0) is 7.05 Å². The standard InChI is InChI=1S/CH5N.ClH.2HI.Pb.H/c1-2;;;;;/h2H2,1H3;3*1H;;/q;;;;+3;/p-3. The van der Waals surface area contributed by atoms with E-state index >= 15 is 0 Å². The van der Waals surface area contributed by atoms with Crippen molar-refractivity contribution in [1.29, 1.82) is 0 Å². The molecule has 0 heterocycles. The van der Waals surface area contributed by atoms with Gasteiger partial charge in [-0.15, -0.1) is 0 Å². The van der Waals surface area contributed by atoms with Crippen LogP contribution < -0.4 is 5.73 Å². The van der Waals surface area contributed by atoms with Crippen LogP contribution in [0.5, 0.6) is 0 Å². The molecular formula is CH6ClI2NPb. The fourth-order valence-electron chi connectivity index (χ4n) is 0. The molecule has 0 atom stereocenters. The van der Waals surface area contributed by atoms with E-state index in [2.05, 4.69) is 41.3 Å². The van der Waals surface area contributed by atoms with Crippen molar-refractivity contribution in [3.63, 3.8) is 0 Å². The average molecular weight is 529 g/mol. The zero-order valence-electron chi connectivity index (χ0n) is 3.29. The van der Waals surface area contributed by atoms with Crippen molar-refractivity contribution in [3.8, 4) is 0 Å². The van der Waals surface area contributed by atoms with Crippen molar-refractivity contribution in [2.75, 3.05) is 7.05 Å². The molecule has 0 radical (unpaired) electrons. The van der Waals surface area contributed by atoms with Gasteiger partial charge in [-0.3, -0.25) is 0 Å². The molecule has 5 heteroatoms. The Hall–Kier alpha value is 2.63. The second-order valence-electron chi connectivity index (χ2n) is 0.247. The molecule has 0 spiro atoms. The van der Waals surface area contributed by atoms with Crippen LogP contribution in [0.4, 0.5) is 0 Å². The van der Waals surface area contributed by atoms with Gasteiger partial charge in [0.25, 0.3) is 0 Å². The number of hydrogen-bond acceptors (Lipinski definition) is 1. The quantitative estimate of drug-likeness (QED) is 0.374. The first kappa shape index (κ1) is 11.4. The van der Waals surface area contributed by atoms with E-state index in [-0.39, 0.29) is 0 Å². The molecule has 0 aliphatic heterocycles. The molecule has 0 aromatic heterocycles. The van der Waals surface area contributed by atoms with Crippen LogP contribution in [0.15, 0.2) is 0 Å². The van der Waals surface area contributed by atoms with Crippen LogP contribution in [-0.4, -0.2) is 19.9 Å². The molecule has 6 heavy (non-hydrogen) atoms. The number of halogens is 3. The normalized spacial score (nSPS) is 7.00. The summed E-state index contributed by atoms with van der Waals surface area (Å²) < 4.78 is 0. The van der Waals surface area contributed by atoms with Crippen LogP contribution in [0.25, 0.3) is 0 Å². The summed E-state index contributed by atoms with van der Waals surface area (Å²) in [6.07, 6.45) is 0. The predicted molar refractivity (Wildman–Crippen MR) is 51.2 cm³/mol.